The molecule has 0 unspecified atom stereocenters. The Morgan fingerprint density at radius 2 is 1.55 bits per heavy atom. The first-order valence-electron chi connectivity index (χ1n) is 9.24. The van der Waals surface area contributed by atoms with Crippen LogP contribution in [0.25, 0.3) is 0 Å². The van der Waals surface area contributed by atoms with Crippen LogP contribution in [0.3, 0.4) is 0 Å². The van der Waals surface area contributed by atoms with Gasteiger partial charge >= 0.3 is 0 Å². The molecule has 2 aliphatic rings. The molecular weight excluding hydrogens is 242 g/mol. The summed E-state index contributed by atoms with van der Waals surface area (Å²) < 4.78 is 0. The second-order valence-electron chi connectivity index (χ2n) is 8.54. The first kappa shape index (κ1) is 16.3. The van der Waals surface area contributed by atoms with E-state index in [4.69, 9.17) is 0 Å². The summed E-state index contributed by atoms with van der Waals surface area (Å²) in [6, 6.07) is 0.814. The van der Waals surface area contributed by atoms with Gasteiger partial charge in [0.15, 0.2) is 0 Å². The maximum absolute atomic E-state index is 3.97. The average Bonchev–Trinajstić information content (AvgIpc) is 2.85. The summed E-state index contributed by atoms with van der Waals surface area (Å²) in [5.41, 5.74) is 0.642. The predicted octanol–water partition coefficient (Wildman–Crippen LogP) is 5.40. The van der Waals surface area contributed by atoms with Gasteiger partial charge in [-0.25, -0.2) is 0 Å². The monoisotopic (exact) mass is 279 g/mol. The summed E-state index contributed by atoms with van der Waals surface area (Å²) >= 11 is 0. The van der Waals surface area contributed by atoms with Gasteiger partial charge in [-0.05, 0) is 68.1 Å². The number of nitrogens with one attached hydrogen (secondary N) is 1. The van der Waals surface area contributed by atoms with Crippen molar-refractivity contribution in [2.45, 2.75) is 91.5 Å². The molecule has 2 rings (SSSR count). The first-order chi connectivity index (χ1) is 9.51. The lowest BCUT2D eigenvalue weighted by molar-refractivity contribution is 0.187. The van der Waals surface area contributed by atoms with Crippen molar-refractivity contribution < 1.29 is 0 Å². The average molecular weight is 280 g/mol. The fourth-order valence-electron chi connectivity index (χ4n) is 4.79. The number of hydrogen-bond donors (Lipinski definition) is 1. The SMILES string of the molecule is CC(C)CC1(CNC2CCC(C(C)C)CC2)CCCC1. The van der Waals surface area contributed by atoms with E-state index in [-0.39, 0.29) is 0 Å². The lowest BCUT2D eigenvalue weighted by atomic mass is 9.77. The summed E-state index contributed by atoms with van der Waals surface area (Å²) in [4.78, 5) is 0. The molecule has 20 heavy (non-hydrogen) atoms. The summed E-state index contributed by atoms with van der Waals surface area (Å²) in [7, 11) is 0. The Morgan fingerprint density at radius 1 is 0.950 bits per heavy atom. The Labute approximate surface area is 127 Å². The quantitative estimate of drug-likeness (QED) is 0.686. The minimum Gasteiger partial charge on any atom is -0.313 e. The fourth-order valence-corrected chi connectivity index (χ4v) is 4.79. The summed E-state index contributed by atoms with van der Waals surface area (Å²) in [6.07, 6.45) is 13.0. The maximum atomic E-state index is 3.97. The minimum atomic E-state index is 0.642. The van der Waals surface area contributed by atoms with E-state index in [1.54, 1.807) is 0 Å². The van der Waals surface area contributed by atoms with E-state index in [2.05, 4.69) is 33.0 Å². The van der Waals surface area contributed by atoms with E-state index in [0.29, 0.717) is 5.41 Å². The van der Waals surface area contributed by atoms with Gasteiger partial charge in [-0.1, -0.05) is 40.5 Å². The van der Waals surface area contributed by atoms with Crippen LogP contribution in [0.15, 0.2) is 0 Å². The third kappa shape index (κ3) is 4.48. The highest BCUT2D eigenvalue weighted by molar-refractivity contribution is 4.89. The smallest absolute Gasteiger partial charge is 0.00675 e. The highest BCUT2D eigenvalue weighted by atomic mass is 14.9. The lowest BCUT2D eigenvalue weighted by Gasteiger charge is -2.36. The number of hydrogen-bond acceptors (Lipinski definition) is 1. The molecular formula is C19H37N. The van der Waals surface area contributed by atoms with Crippen LogP contribution in [-0.2, 0) is 0 Å². The molecule has 0 heterocycles. The van der Waals surface area contributed by atoms with Gasteiger partial charge in [0.05, 0.1) is 0 Å². The van der Waals surface area contributed by atoms with Crippen LogP contribution < -0.4 is 5.32 Å². The zero-order valence-corrected chi connectivity index (χ0v) is 14.4. The van der Waals surface area contributed by atoms with Crippen molar-refractivity contribution in [3.8, 4) is 0 Å². The molecule has 0 aromatic carbocycles. The van der Waals surface area contributed by atoms with Gasteiger partial charge in [0.1, 0.15) is 0 Å². The number of rotatable bonds is 6. The van der Waals surface area contributed by atoms with Gasteiger partial charge < -0.3 is 5.32 Å². The zero-order valence-electron chi connectivity index (χ0n) is 14.4. The summed E-state index contributed by atoms with van der Waals surface area (Å²) in [5.74, 6) is 2.73. The molecule has 0 spiro atoms. The third-order valence-corrected chi connectivity index (χ3v) is 5.99. The summed E-state index contributed by atoms with van der Waals surface area (Å²) in [5, 5.41) is 3.97. The lowest BCUT2D eigenvalue weighted by Crippen LogP contribution is -2.41. The van der Waals surface area contributed by atoms with Crippen molar-refractivity contribution in [3.05, 3.63) is 0 Å². The van der Waals surface area contributed by atoms with Gasteiger partial charge in [-0.2, -0.15) is 0 Å². The van der Waals surface area contributed by atoms with E-state index in [9.17, 15) is 0 Å². The van der Waals surface area contributed by atoms with Crippen molar-refractivity contribution in [2.24, 2.45) is 23.2 Å². The van der Waals surface area contributed by atoms with Crippen LogP contribution >= 0.6 is 0 Å². The van der Waals surface area contributed by atoms with Gasteiger partial charge in [-0.15, -0.1) is 0 Å². The molecule has 1 heteroatoms. The van der Waals surface area contributed by atoms with Crippen molar-refractivity contribution in [3.63, 3.8) is 0 Å². The molecule has 2 aliphatic carbocycles. The Balaban J connectivity index is 1.76. The van der Waals surface area contributed by atoms with Crippen molar-refractivity contribution in [1.82, 2.24) is 5.32 Å². The molecule has 0 saturated heterocycles. The van der Waals surface area contributed by atoms with E-state index in [0.717, 1.165) is 23.8 Å². The second-order valence-corrected chi connectivity index (χ2v) is 8.54. The van der Waals surface area contributed by atoms with Gasteiger partial charge in [0.25, 0.3) is 0 Å². The summed E-state index contributed by atoms with van der Waals surface area (Å²) in [6.45, 7) is 10.9. The molecule has 0 radical (unpaired) electrons. The zero-order chi connectivity index (χ0) is 14.6. The third-order valence-electron chi connectivity index (χ3n) is 5.99. The van der Waals surface area contributed by atoms with Crippen molar-refractivity contribution in [2.75, 3.05) is 6.54 Å². The minimum absolute atomic E-state index is 0.642. The highest BCUT2D eigenvalue weighted by Crippen LogP contribution is 2.43. The molecule has 0 amide bonds. The highest BCUT2D eigenvalue weighted by Gasteiger charge is 2.35. The van der Waals surface area contributed by atoms with Gasteiger partial charge in [0, 0.05) is 12.6 Å². The van der Waals surface area contributed by atoms with Crippen LogP contribution in [-0.4, -0.2) is 12.6 Å². The van der Waals surface area contributed by atoms with Crippen LogP contribution in [0, 0.1) is 23.2 Å². The van der Waals surface area contributed by atoms with Crippen molar-refractivity contribution >= 4 is 0 Å². The molecule has 0 aromatic heterocycles. The van der Waals surface area contributed by atoms with Crippen LogP contribution in [0.2, 0.25) is 0 Å². The largest absolute Gasteiger partial charge is 0.313 e. The van der Waals surface area contributed by atoms with Crippen LogP contribution in [0.1, 0.15) is 85.5 Å². The molecule has 2 fully saturated rings. The Morgan fingerprint density at radius 3 is 2.05 bits per heavy atom. The van der Waals surface area contributed by atoms with E-state index in [1.165, 1.54) is 64.3 Å². The normalized spacial score (nSPS) is 30.3. The molecule has 2 saturated carbocycles. The van der Waals surface area contributed by atoms with Gasteiger partial charge in [-0.3, -0.25) is 0 Å². The molecule has 1 nitrogen and oxygen atoms in total. The van der Waals surface area contributed by atoms with Crippen molar-refractivity contribution in [1.29, 1.82) is 0 Å². The molecule has 1 N–H and O–H groups in total. The first-order valence-corrected chi connectivity index (χ1v) is 9.24. The maximum Gasteiger partial charge on any atom is 0.00675 e. The Kier molecular flexibility index (Phi) is 5.95. The van der Waals surface area contributed by atoms with E-state index in [1.807, 2.05) is 0 Å². The van der Waals surface area contributed by atoms with E-state index >= 15 is 0 Å². The molecule has 0 aromatic rings. The Hall–Kier alpha value is -0.0400. The molecule has 0 bridgehead atoms. The molecule has 0 aliphatic heterocycles. The molecule has 118 valence electrons. The van der Waals surface area contributed by atoms with Crippen LogP contribution in [0.5, 0.6) is 0 Å². The van der Waals surface area contributed by atoms with E-state index < -0.39 is 0 Å². The predicted molar refractivity (Wildman–Crippen MR) is 88.9 cm³/mol. The van der Waals surface area contributed by atoms with Gasteiger partial charge in [0.2, 0.25) is 0 Å². The van der Waals surface area contributed by atoms with Crippen LogP contribution in [0.4, 0.5) is 0 Å². The molecule has 0 atom stereocenters. The standard InChI is InChI=1S/C19H37N/c1-15(2)13-19(11-5-6-12-19)14-20-18-9-7-17(8-10-18)16(3)4/h15-18,20H,5-14H2,1-4H3. The Bertz CT molecular complexity index is 267. The topological polar surface area (TPSA) is 12.0 Å². The second kappa shape index (κ2) is 7.29. The fraction of sp³-hybridized carbons (Fsp3) is 1.00.